The summed E-state index contributed by atoms with van der Waals surface area (Å²) in [5, 5.41) is 3.33. The van der Waals surface area contributed by atoms with E-state index in [0.29, 0.717) is 0 Å². The number of aryl methyl sites for hydroxylation is 1. The molecule has 0 aliphatic heterocycles. The normalized spacial score (nSPS) is 14.2. The first-order valence-corrected chi connectivity index (χ1v) is 8.14. The lowest BCUT2D eigenvalue weighted by Gasteiger charge is -2.36. The molecule has 5 nitrogen and oxygen atoms in total. The van der Waals surface area contributed by atoms with Gasteiger partial charge in [-0.2, -0.15) is 0 Å². The molecule has 1 aromatic carbocycles. The third-order valence-electron chi connectivity index (χ3n) is 4.28. The summed E-state index contributed by atoms with van der Waals surface area (Å²) >= 11 is 0. The quantitative estimate of drug-likeness (QED) is 0.776. The summed E-state index contributed by atoms with van der Waals surface area (Å²) in [6.45, 7) is 9.49. The number of hydrogen-bond acceptors (Lipinski definition) is 5. The molecule has 0 aliphatic rings. The topological polar surface area (TPSA) is 64.6 Å². The summed E-state index contributed by atoms with van der Waals surface area (Å²) in [6.07, 6.45) is 0. The second-order valence-corrected chi connectivity index (χ2v) is 6.97. The van der Waals surface area contributed by atoms with Crippen LogP contribution < -0.4 is 5.32 Å². The van der Waals surface area contributed by atoms with Gasteiger partial charge >= 0.3 is 11.9 Å². The second kappa shape index (κ2) is 8.29. The highest BCUT2D eigenvalue weighted by atomic mass is 16.5. The monoisotopic (exact) mass is 335 g/mol. The maximum Gasteiger partial charge on any atom is 0.323 e. The van der Waals surface area contributed by atoms with E-state index in [1.807, 2.05) is 58.9 Å². The Morgan fingerprint density at radius 3 is 2.21 bits per heavy atom. The summed E-state index contributed by atoms with van der Waals surface area (Å²) in [7, 11) is 2.74. The first kappa shape index (κ1) is 20.2. The summed E-state index contributed by atoms with van der Waals surface area (Å²) in [4.78, 5) is 24.5. The molecule has 0 fully saturated rings. The van der Waals surface area contributed by atoms with Gasteiger partial charge in [0, 0.05) is 6.04 Å². The number of carbonyl (C=O) groups is 2. The number of ether oxygens (including phenoxy) is 2. The third kappa shape index (κ3) is 4.57. The molecule has 5 heteroatoms. The van der Waals surface area contributed by atoms with Crippen LogP contribution in [0.25, 0.3) is 0 Å². The summed E-state index contributed by atoms with van der Waals surface area (Å²) in [5.41, 5.74) is 1.16. The molecule has 2 atom stereocenters. The fourth-order valence-electron chi connectivity index (χ4n) is 2.79. The van der Waals surface area contributed by atoms with Crippen LogP contribution in [0.2, 0.25) is 0 Å². The number of benzene rings is 1. The van der Waals surface area contributed by atoms with Crippen LogP contribution in [-0.4, -0.2) is 32.2 Å². The van der Waals surface area contributed by atoms with Crippen LogP contribution in [0.5, 0.6) is 0 Å². The summed E-state index contributed by atoms with van der Waals surface area (Å²) < 4.78 is 9.90. The Morgan fingerprint density at radius 1 is 1.12 bits per heavy atom. The van der Waals surface area contributed by atoms with E-state index in [1.54, 1.807) is 0 Å². The first-order chi connectivity index (χ1) is 11.1. The van der Waals surface area contributed by atoms with Crippen LogP contribution in [0.4, 0.5) is 0 Å². The Kier molecular flexibility index (Phi) is 6.96. The van der Waals surface area contributed by atoms with E-state index in [2.05, 4.69) is 5.32 Å². The minimum Gasteiger partial charge on any atom is -0.469 e. The zero-order chi connectivity index (χ0) is 18.5. The van der Waals surface area contributed by atoms with Gasteiger partial charge in [-0.05, 0) is 32.3 Å². The highest BCUT2D eigenvalue weighted by molar-refractivity contribution is 5.78. The fourth-order valence-corrected chi connectivity index (χ4v) is 2.79. The van der Waals surface area contributed by atoms with Gasteiger partial charge in [0.05, 0.1) is 19.6 Å². The zero-order valence-corrected chi connectivity index (χ0v) is 15.7. The zero-order valence-electron chi connectivity index (χ0n) is 15.7. The molecule has 1 N–H and O–H groups in total. The molecule has 24 heavy (non-hydrogen) atoms. The van der Waals surface area contributed by atoms with Gasteiger partial charge in [0.15, 0.2) is 0 Å². The molecule has 0 saturated heterocycles. The van der Waals surface area contributed by atoms with Gasteiger partial charge in [-0.3, -0.25) is 14.9 Å². The predicted octanol–water partition coefficient (Wildman–Crippen LogP) is 3.02. The molecule has 0 amide bonds. The lowest BCUT2D eigenvalue weighted by Crippen LogP contribution is -2.50. The Hall–Kier alpha value is -1.88. The molecule has 0 radical (unpaired) electrons. The van der Waals surface area contributed by atoms with Gasteiger partial charge in [-0.1, -0.05) is 43.7 Å². The molecular weight excluding hydrogens is 306 g/mol. The fraction of sp³-hybridized carbons (Fsp3) is 0.579. The van der Waals surface area contributed by atoms with E-state index >= 15 is 0 Å². The van der Waals surface area contributed by atoms with Crippen molar-refractivity contribution >= 4 is 11.9 Å². The van der Waals surface area contributed by atoms with Gasteiger partial charge in [0.2, 0.25) is 0 Å². The summed E-state index contributed by atoms with van der Waals surface area (Å²) in [5.74, 6) is -0.671. The average Bonchev–Trinajstić information content (AvgIpc) is 2.53. The van der Waals surface area contributed by atoms with E-state index in [4.69, 9.17) is 9.47 Å². The maximum atomic E-state index is 12.3. The molecule has 0 spiro atoms. The van der Waals surface area contributed by atoms with Crippen LogP contribution in [0.15, 0.2) is 24.3 Å². The van der Waals surface area contributed by atoms with E-state index < -0.39 is 17.5 Å². The van der Waals surface area contributed by atoms with Crippen molar-refractivity contribution in [1.29, 1.82) is 0 Å². The smallest absolute Gasteiger partial charge is 0.323 e. The Bertz CT molecular complexity index is 580. The average molecular weight is 335 g/mol. The van der Waals surface area contributed by atoms with Crippen molar-refractivity contribution in [2.45, 2.75) is 46.7 Å². The van der Waals surface area contributed by atoms with Crippen molar-refractivity contribution in [2.75, 3.05) is 14.2 Å². The van der Waals surface area contributed by atoms with Crippen molar-refractivity contribution in [2.24, 2.45) is 11.3 Å². The van der Waals surface area contributed by atoms with Crippen molar-refractivity contribution in [3.05, 3.63) is 35.4 Å². The molecule has 1 aromatic rings. The molecule has 1 unspecified atom stereocenters. The SMILES string of the molecule is COC(=O)[C@@H](NC(c1cccc(C)c1)C(C)(C)C(=O)OC)C(C)C. The predicted molar refractivity (Wildman–Crippen MR) is 93.5 cm³/mol. The minimum atomic E-state index is -0.857. The molecule has 0 aromatic heterocycles. The number of nitrogens with one attached hydrogen (secondary N) is 1. The lowest BCUT2D eigenvalue weighted by atomic mass is 9.79. The molecular formula is C19H29NO4. The highest BCUT2D eigenvalue weighted by Crippen LogP contribution is 2.36. The number of hydrogen-bond donors (Lipinski definition) is 1. The molecule has 1 rings (SSSR count). The van der Waals surface area contributed by atoms with E-state index in [9.17, 15) is 9.59 Å². The van der Waals surface area contributed by atoms with Crippen LogP contribution in [0.3, 0.4) is 0 Å². The van der Waals surface area contributed by atoms with Gasteiger partial charge in [-0.25, -0.2) is 0 Å². The van der Waals surface area contributed by atoms with Crippen LogP contribution in [-0.2, 0) is 19.1 Å². The highest BCUT2D eigenvalue weighted by Gasteiger charge is 2.41. The summed E-state index contributed by atoms with van der Waals surface area (Å²) in [6, 6.07) is 6.98. The third-order valence-corrected chi connectivity index (χ3v) is 4.28. The standard InChI is InChI=1S/C19H29NO4/c1-12(2)15(17(21)23-6)20-16(19(4,5)18(22)24-7)14-10-8-9-13(3)11-14/h8-12,15-16,20H,1-7H3/t15-,16?/m0/s1. The Morgan fingerprint density at radius 2 is 1.75 bits per heavy atom. The Labute approximate surface area is 144 Å². The van der Waals surface area contributed by atoms with Gasteiger partial charge < -0.3 is 9.47 Å². The number of carbonyl (C=O) groups excluding carboxylic acids is 2. The van der Waals surface area contributed by atoms with Crippen molar-refractivity contribution < 1.29 is 19.1 Å². The van der Waals surface area contributed by atoms with E-state index in [-0.39, 0.29) is 17.9 Å². The maximum absolute atomic E-state index is 12.3. The minimum absolute atomic E-state index is 0.0122. The molecule has 134 valence electrons. The molecule has 0 aliphatic carbocycles. The van der Waals surface area contributed by atoms with Crippen LogP contribution >= 0.6 is 0 Å². The first-order valence-electron chi connectivity index (χ1n) is 8.14. The number of methoxy groups -OCH3 is 2. The Balaban J connectivity index is 3.33. The number of rotatable bonds is 7. The largest absolute Gasteiger partial charge is 0.469 e. The van der Waals surface area contributed by atoms with Gasteiger partial charge in [-0.15, -0.1) is 0 Å². The lowest BCUT2D eigenvalue weighted by molar-refractivity contribution is -0.154. The molecule has 0 heterocycles. The molecule has 0 bridgehead atoms. The van der Waals surface area contributed by atoms with E-state index in [0.717, 1.165) is 11.1 Å². The van der Waals surface area contributed by atoms with Gasteiger partial charge in [0.1, 0.15) is 6.04 Å². The van der Waals surface area contributed by atoms with E-state index in [1.165, 1.54) is 14.2 Å². The van der Waals surface area contributed by atoms with Crippen molar-refractivity contribution in [1.82, 2.24) is 5.32 Å². The van der Waals surface area contributed by atoms with Gasteiger partial charge in [0.25, 0.3) is 0 Å². The number of esters is 2. The van der Waals surface area contributed by atoms with Crippen LogP contribution in [0.1, 0.15) is 44.9 Å². The van der Waals surface area contributed by atoms with Crippen LogP contribution in [0, 0.1) is 18.3 Å². The second-order valence-electron chi connectivity index (χ2n) is 6.97. The van der Waals surface area contributed by atoms with Crippen molar-refractivity contribution in [3.63, 3.8) is 0 Å². The molecule has 0 saturated carbocycles. The van der Waals surface area contributed by atoms with Crippen molar-refractivity contribution in [3.8, 4) is 0 Å².